The van der Waals surface area contributed by atoms with Crippen molar-refractivity contribution in [1.82, 2.24) is 9.97 Å². The molecule has 2 aromatic rings. The summed E-state index contributed by atoms with van der Waals surface area (Å²) in [5.41, 5.74) is 0. The van der Waals surface area contributed by atoms with Crippen LogP contribution in [0.5, 0.6) is 0 Å². The first-order chi connectivity index (χ1) is 8.78. The Labute approximate surface area is 115 Å². The summed E-state index contributed by atoms with van der Waals surface area (Å²) in [4.78, 5) is 10.4. The summed E-state index contributed by atoms with van der Waals surface area (Å²) in [6, 6.07) is 2.13. The van der Waals surface area contributed by atoms with Gasteiger partial charge in [-0.2, -0.15) is 0 Å². The lowest BCUT2D eigenvalue weighted by Crippen LogP contribution is -2.13. The van der Waals surface area contributed by atoms with Gasteiger partial charge >= 0.3 is 0 Å². The summed E-state index contributed by atoms with van der Waals surface area (Å²) in [6.07, 6.45) is 2.32. The molecule has 1 fully saturated rings. The van der Waals surface area contributed by atoms with E-state index in [-0.39, 0.29) is 0 Å². The van der Waals surface area contributed by atoms with Gasteiger partial charge in [0.15, 0.2) is 0 Å². The Morgan fingerprint density at radius 2 is 2.39 bits per heavy atom. The minimum atomic E-state index is 0.323. The van der Waals surface area contributed by atoms with Crippen molar-refractivity contribution in [3.05, 3.63) is 17.3 Å². The van der Waals surface area contributed by atoms with Crippen LogP contribution < -0.4 is 0 Å². The average Bonchev–Trinajstić information content (AvgIpc) is 2.98. The van der Waals surface area contributed by atoms with Gasteiger partial charge < -0.3 is 4.74 Å². The fourth-order valence-electron chi connectivity index (χ4n) is 2.13. The fraction of sp³-hybridized carbons (Fsp3) is 0.538. The molecule has 5 heteroatoms. The van der Waals surface area contributed by atoms with E-state index in [0.29, 0.717) is 11.4 Å². The second-order valence-corrected chi connectivity index (χ2v) is 6.58. The Morgan fingerprint density at radius 3 is 3.11 bits per heavy atom. The number of fused-ring (bicyclic) bond motifs is 1. The summed E-state index contributed by atoms with van der Waals surface area (Å²) in [6.45, 7) is 5.12. The highest BCUT2D eigenvalue weighted by Gasteiger charge is 2.26. The second kappa shape index (κ2) is 5.15. The van der Waals surface area contributed by atoms with Gasteiger partial charge in [0.1, 0.15) is 15.7 Å². The van der Waals surface area contributed by atoms with Crippen LogP contribution in [0.4, 0.5) is 0 Å². The van der Waals surface area contributed by atoms with Crippen molar-refractivity contribution in [1.29, 1.82) is 0 Å². The van der Waals surface area contributed by atoms with Crippen LogP contribution in [0.15, 0.2) is 16.5 Å². The van der Waals surface area contributed by atoms with Crippen LogP contribution >= 0.6 is 23.1 Å². The molecule has 0 aliphatic carbocycles. The Bertz CT molecular complexity index is 555. The van der Waals surface area contributed by atoms with Crippen molar-refractivity contribution in [3.63, 3.8) is 0 Å². The molecule has 0 spiro atoms. The van der Waals surface area contributed by atoms with E-state index >= 15 is 0 Å². The van der Waals surface area contributed by atoms with E-state index in [0.717, 1.165) is 35.1 Å². The van der Waals surface area contributed by atoms with Crippen molar-refractivity contribution < 1.29 is 4.74 Å². The van der Waals surface area contributed by atoms with E-state index in [1.807, 2.05) is 11.8 Å². The Morgan fingerprint density at radius 1 is 1.50 bits per heavy atom. The predicted molar refractivity (Wildman–Crippen MR) is 76.5 cm³/mol. The van der Waals surface area contributed by atoms with E-state index in [1.165, 1.54) is 5.39 Å². The molecule has 3 nitrogen and oxygen atoms in total. The molecular weight excluding hydrogens is 264 g/mol. The molecule has 2 aromatic heterocycles. The van der Waals surface area contributed by atoms with Gasteiger partial charge in [-0.15, -0.1) is 11.3 Å². The summed E-state index contributed by atoms with van der Waals surface area (Å²) in [5.74, 6) is 0.944. The molecule has 0 amide bonds. The maximum atomic E-state index is 5.63. The van der Waals surface area contributed by atoms with Gasteiger partial charge in [-0.1, -0.05) is 18.7 Å². The van der Waals surface area contributed by atoms with Crippen LogP contribution in [-0.4, -0.2) is 27.9 Å². The quantitative estimate of drug-likeness (QED) is 0.806. The van der Waals surface area contributed by atoms with Gasteiger partial charge in [-0.3, -0.25) is 0 Å². The van der Waals surface area contributed by atoms with Crippen LogP contribution in [0, 0.1) is 0 Å². The molecule has 2 atom stereocenters. The second-order valence-electron chi connectivity index (χ2n) is 4.46. The molecule has 0 aromatic carbocycles. The average molecular weight is 280 g/mol. The summed E-state index contributed by atoms with van der Waals surface area (Å²) in [7, 11) is 0. The Kier molecular flexibility index (Phi) is 3.54. The minimum absolute atomic E-state index is 0.323. The Balaban J connectivity index is 1.96. The van der Waals surface area contributed by atoms with Gasteiger partial charge in [-0.05, 0) is 24.8 Å². The number of hydrogen-bond acceptors (Lipinski definition) is 5. The molecule has 2 unspecified atom stereocenters. The van der Waals surface area contributed by atoms with E-state index in [2.05, 4.69) is 30.3 Å². The summed E-state index contributed by atoms with van der Waals surface area (Å²) in [5, 5.41) is 4.94. The van der Waals surface area contributed by atoms with Crippen molar-refractivity contribution in [2.75, 3.05) is 6.61 Å². The third kappa shape index (κ3) is 2.27. The SMILES string of the molecule is CCc1nc(SC2CCOC2C)c2ccsc2n1. The smallest absolute Gasteiger partial charge is 0.131 e. The maximum absolute atomic E-state index is 5.63. The highest BCUT2D eigenvalue weighted by atomic mass is 32.2. The molecule has 96 valence electrons. The molecule has 18 heavy (non-hydrogen) atoms. The lowest BCUT2D eigenvalue weighted by molar-refractivity contribution is 0.127. The third-order valence-electron chi connectivity index (χ3n) is 3.22. The van der Waals surface area contributed by atoms with Crippen LogP contribution in [0.25, 0.3) is 10.2 Å². The first-order valence-electron chi connectivity index (χ1n) is 6.30. The van der Waals surface area contributed by atoms with Crippen molar-refractivity contribution in [2.45, 2.75) is 43.1 Å². The molecule has 1 aliphatic heterocycles. The molecule has 1 saturated heterocycles. The largest absolute Gasteiger partial charge is 0.377 e. The van der Waals surface area contributed by atoms with E-state index in [1.54, 1.807) is 11.3 Å². The number of aromatic nitrogens is 2. The third-order valence-corrected chi connectivity index (χ3v) is 5.49. The monoisotopic (exact) mass is 280 g/mol. The minimum Gasteiger partial charge on any atom is -0.377 e. The standard InChI is InChI=1S/C13H16N2OS2/c1-3-11-14-12-9(5-7-17-12)13(15-11)18-10-4-6-16-8(10)2/h5,7-8,10H,3-4,6H2,1-2H3. The number of thioether (sulfide) groups is 1. The molecular formula is C13H16N2OS2. The lowest BCUT2D eigenvalue weighted by Gasteiger charge is -2.13. The van der Waals surface area contributed by atoms with Gasteiger partial charge in [0, 0.05) is 23.7 Å². The van der Waals surface area contributed by atoms with E-state index < -0.39 is 0 Å². The molecule has 3 heterocycles. The lowest BCUT2D eigenvalue weighted by atomic mass is 10.3. The first kappa shape index (κ1) is 12.4. The Hall–Kier alpha value is -0.650. The zero-order valence-electron chi connectivity index (χ0n) is 10.5. The van der Waals surface area contributed by atoms with Crippen molar-refractivity contribution >= 4 is 33.3 Å². The van der Waals surface area contributed by atoms with Gasteiger partial charge in [0.2, 0.25) is 0 Å². The summed E-state index contributed by atoms with van der Waals surface area (Å²) >= 11 is 3.55. The number of hydrogen-bond donors (Lipinski definition) is 0. The number of thiophene rings is 1. The molecule has 0 N–H and O–H groups in total. The number of aryl methyl sites for hydroxylation is 1. The maximum Gasteiger partial charge on any atom is 0.131 e. The van der Waals surface area contributed by atoms with Crippen LogP contribution in [-0.2, 0) is 11.2 Å². The number of rotatable bonds is 3. The van der Waals surface area contributed by atoms with Crippen LogP contribution in [0.1, 0.15) is 26.1 Å². The highest BCUT2D eigenvalue weighted by molar-refractivity contribution is 8.00. The summed E-state index contributed by atoms with van der Waals surface area (Å²) < 4.78 is 5.63. The molecule has 3 rings (SSSR count). The predicted octanol–water partition coefficient (Wildman–Crippen LogP) is 3.52. The van der Waals surface area contributed by atoms with Crippen LogP contribution in [0.2, 0.25) is 0 Å². The topological polar surface area (TPSA) is 35.0 Å². The fourth-order valence-corrected chi connectivity index (χ4v) is 4.20. The molecule has 0 radical (unpaired) electrons. The molecule has 0 saturated carbocycles. The number of ether oxygens (including phenoxy) is 1. The van der Waals surface area contributed by atoms with Gasteiger partial charge in [0.05, 0.1) is 6.10 Å². The van der Waals surface area contributed by atoms with E-state index in [4.69, 9.17) is 9.72 Å². The van der Waals surface area contributed by atoms with Gasteiger partial charge in [-0.25, -0.2) is 9.97 Å². The van der Waals surface area contributed by atoms with Gasteiger partial charge in [0.25, 0.3) is 0 Å². The zero-order chi connectivity index (χ0) is 12.5. The molecule has 1 aliphatic rings. The first-order valence-corrected chi connectivity index (χ1v) is 8.06. The van der Waals surface area contributed by atoms with Crippen molar-refractivity contribution in [3.8, 4) is 0 Å². The molecule has 0 bridgehead atoms. The van der Waals surface area contributed by atoms with E-state index in [9.17, 15) is 0 Å². The van der Waals surface area contributed by atoms with Crippen LogP contribution in [0.3, 0.4) is 0 Å². The van der Waals surface area contributed by atoms with Crippen molar-refractivity contribution in [2.24, 2.45) is 0 Å². The zero-order valence-corrected chi connectivity index (χ0v) is 12.2. The highest BCUT2D eigenvalue weighted by Crippen LogP contribution is 2.36. The number of nitrogens with zero attached hydrogens (tertiary/aromatic N) is 2. The normalized spacial score (nSPS) is 23.9.